The molecule has 2 rings (SSSR count). The maximum Gasteiger partial charge on any atom is 0.118 e. The molecular formula is C13H16N2OS. The van der Waals surface area contributed by atoms with E-state index in [1.54, 1.807) is 18.4 Å². The molecule has 4 heteroatoms. The summed E-state index contributed by atoms with van der Waals surface area (Å²) in [5.74, 6) is 0.840. The average Bonchev–Trinajstić information content (AvgIpc) is 2.69. The Bertz CT molecular complexity index is 485. The van der Waals surface area contributed by atoms with Gasteiger partial charge in [0.05, 0.1) is 18.8 Å². The van der Waals surface area contributed by atoms with E-state index >= 15 is 0 Å². The van der Waals surface area contributed by atoms with E-state index in [0.29, 0.717) is 0 Å². The highest BCUT2D eigenvalue weighted by Gasteiger charge is 2.14. The van der Waals surface area contributed by atoms with E-state index in [1.165, 1.54) is 4.88 Å². The van der Waals surface area contributed by atoms with E-state index in [1.807, 2.05) is 31.2 Å². The van der Waals surface area contributed by atoms with Gasteiger partial charge in [-0.3, -0.25) is 0 Å². The summed E-state index contributed by atoms with van der Waals surface area (Å²) < 4.78 is 5.12. The van der Waals surface area contributed by atoms with Crippen molar-refractivity contribution in [3.63, 3.8) is 0 Å². The lowest BCUT2D eigenvalue weighted by molar-refractivity contribution is 0.414. The van der Waals surface area contributed by atoms with Gasteiger partial charge < -0.3 is 10.5 Å². The van der Waals surface area contributed by atoms with Gasteiger partial charge >= 0.3 is 0 Å². The minimum absolute atomic E-state index is 0.154. The third-order valence-electron chi connectivity index (χ3n) is 2.79. The number of thiazole rings is 1. The molecule has 0 fully saturated rings. The molecule has 0 aliphatic heterocycles. The Kier molecular flexibility index (Phi) is 3.45. The standard InChI is InChI=1S/C13H16N2OS/c1-8-9(2)17-13(15-8)12(14)10-4-6-11(16-3)7-5-10/h4-7,12H,14H2,1-3H3. The fraction of sp³-hybridized carbons (Fsp3) is 0.308. The van der Waals surface area contributed by atoms with Crippen LogP contribution in [0.2, 0.25) is 0 Å². The lowest BCUT2D eigenvalue weighted by atomic mass is 10.1. The van der Waals surface area contributed by atoms with Crippen LogP contribution in [0.5, 0.6) is 5.75 Å². The van der Waals surface area contributed by atoms with Crippen LogP contribution in [0, 0.1) is 13.8 Å². The summed E-state index contributed by atoms with van der Waals surface area (Å²) in [5.41, 5.74) is 8.32. The highest BCUT2D eigenvalue weighted by Crippen LogP contribution is 2.27. The predicted octanol–water partition coefficient (Wildman–Crippen LogP) is 2.82. The molecule has 0 spiro atoms. The van der Waals surface area contributed by atoms with Gasteiger partial charge in [0, 0.05) is 4.88 Å². The molecule has 0 radical (unpaired) electrons. The topological polar surface area (TPSA) is 48.1 Å². The van der Waals surface area contributed by atoms with Crippen molar-refractivity contribution in [2.45, 2.75) is 19.9 Å². The van der Waals surface area contributed by atoms with Crippen LogP contribution in [0.1, 0.15) is 27.2 Å². The van der Waals surface area contributed by atoms with E-state index < -0.39 is 0 Å². The molecule has 90 valence electrons. The van der Waals surface area contributed by atoms with Gasteiger partial charge in [0.25, 0.3) is 0 Å². The zero-order chi connectivity index (χ0) is 12.4. The van der Waals surface area contributed by atoms with Crippen LogP contribution in [-0.2, 0) is 0 Å². The van der Waals surface area contributed by atoms with Crippen molar-refractivity contribution in [1.82, 2.24) is 4.98 Å². The number of benzene rings is 1. The molecule has 1 aromatic carbocycles. The van der Waals surface area contributed by atoms with Gasteiger partial charge in [-0.25, -0.2) is 4.98 Å². The second kappa shape index (κ2) is 4.85. The Morgan fingerprint density at radius 3 is 2.35 bits per heavy atom. The van der Waals surface area contributed by atoms with E-state index in [0.717, 1.165) is 22.0 Å². The van der Waals surface area contributed by atoms with Crippen LogP contribution < -0.4 is 10.5 Å². The highest BCUT2D eigenvalue weighted by molar-refractivity contribution is 7.11. The number of ether oxygens (including phenoxy) is 1. The molecule has 0 aliphatic rings. The third kappa shape index (κ3) is 2.48. The fourth-order valence-corrected chi connectivity index (χ4v) is 2.54. The molecule has 1 unspecified atom stereocenters. The number of nitrogens with two attached hydrogens (primary N) is 1. The highest BCUT2D eigenvalue weighted by atomic mass is 32.1. The van der Waals surface area contributed by atoms with Gasteiger partial charge in [-0.15, -0.1) is 11.3 Å². The number of aromatic nitrogens is 1. The normalized spacial score (nSPS) is 12.5. The molecule has 0 bridgehead atoms. The summed E-state index contributed by atoms with van der Waals surface area (Å²) in [6, 6.07) is 7.65. The number of hydrogen-bond acceptors (Lipinski definition) is 4. The van der Waals surface area contributed by atoms with Crippen LogP contribution in [0.3, 0.4) is 0 Å². The second-order valence-electron chi connectivity index (χ2n) is 3.94. The summed E-state index contributed by atoms with van der Waals surface area (Å²) >= 11 is 1.66. The van der Waals surface area contributed by atoms with Crippen molar-refractivity contribution in [2.24, 2.45) is 5.73 Å². The first kappa shape index (κ1) is 12.1. The fourth-order valence-electron chi connectivity index (χ4n) is 1.58. The van der Waals surface area contributed by atoms with Gasteiger partial charge in [-0.05, 0) is 31.5 Å². The largest absolute Gasteiger partial charge is 0.497 e. The Balaban J connectivity index is 2.26. The molecule has 0 saturated carbocycles. The number of methoxy groups -OCH3 is 1. The predicted molar refractivity (Wildman–Crippen MR) is 70.6 cm³/mol. The molecule has 0 amide bonds. The van der Waals surface area contributed by atoms with Crippen molar-refractivity contribution in [2.75, 3.05) is 7.11 Å². The average molecular weight is 248 g/mol. The van der Waals surface area contributed by atoms with E-state index in [2.05, 4.69) is 11.9 Å². The first-order chi connectivity index (χ1) is 8.11. The van der Waals surface area contributed by atoms with Crippen molar-refractivity contribution in [1.29, 1.82) is 0 Å². The van der Waals surface area contributed by atoms with Crippen LogP contribution in [0.4, 0.5) is 0 Å². The number of hydrogen-bond donors (Lipinski definition) is 1. The van der Waals surface area contributed by atoms with Crippen molar-refractivity contribution >= 4 is 11.3 Å². The first-order valence-electron chi connectivity index (χ1n) is 5.45. The van der Waals surface area contributed by atoms with E-state index in [-0.39, 0.29) is 6.04 Å². The zero-order valence-corrected chi connectivity index (χ0v) is 11.0. The molecule has 1 aromatic heterocycles. The minimum atomic E-state index is -0.154. The van der Waals surface area contributed by atoms with Gasteiger partial charge in [-0.1, -0.05) is 12.1 Å². The Hall–Kier alpha value is -1.39. The van der Waals surface area contributed by atoms with Crippen LogP contribution in [0.15, 0.2) is 24.3 Å². The molecule has 3 nitrogen and oxygen atoms in total. The SMILES string of the molecule is COc1ccc(C(N)c2nc(C)c(C)s2)cc1. The molecule has 1 heterocycles. The maximum absolute atomic E-state index is 6.20. The third-order valence-corrected chi connectivity index (χ3v) is 3.94. The summed E-state index contributed by atoms with van der Waals surface area (Å²) in [6.07, 6.45) is 0. The molecular weight excluding hydrogens is 232 g/mol. The smallest absolute Gasteiger partial charge is 0.118 e. The second-order valence-corrected chi connectivity index (χ2v) is 5.18. The summed E-state index contributed by atoms with van der Waals surface area (Å²) in [5, 5.41) is 0.963. The van der Waals surface area contributed by atoms with Gasteiger partial charge in [0.1, 0.15) is 10.8 Å². The monoisotopic (exact) mass is 248 g/mol. The molecule has 0 saturated heterocycles. The first-order valence-corrected chi connectivity index (χ1v) is 6.27. The summed E-state index contributed by atoms with van der Waals surface area (Å²) in [4.78, 5) is 5.72. The van der Waals surface area contributed by atoms with Crippen LogP contribution in [-0.4, -0.2) is 12.1 Å². The number of rotatable bonds is 3. The number of nitrogens with zero attached hydrogens (tertiary/aromatic N) is 1. The molecule has 1 atom stereocenters. The minimum Gasteiger partial charge on any atom is -0.497 e. The van der Waals surface area contributed by atoms with E-state index in [4.69, 9.17) is 10.5 Å². The zero-order valence-electron chi connectivity index (χ0n) is 10.2. The Labute approximate surface area is 105 Å². The molecule has 17 heavy (non-hydrogen) atoms. The maximum atomic E-state index is 6.20. The van der Waals surface area contributed by atoms with Gasteiger partial charge in [0.15, 0.2) is 0 Å². The van der Waals surface area contributed by atoms with Crippen molar-refractivity contribution in [3.05, 3.63) is 45.4 Å². The van der Waals surface area contributed by atoms with Crippen LogP contribution >= 0.6 is 11.3 Å². The Morgan fingerprint density at radius 1 is 1.24 bits per heavy atom. The lowest BCUT2D eigenvalue weighted by Gasteiger charge is -2.09. The summed E-state index contributed by atoms with van der Waals surface area (Å²) in [7, 11) is 1.66. The molecule has 2 aromatic rings. The van der Waals surface area contributed by atoms with E-state index in [9.17, 15) is 0 Å². The summed E-state index contributed by atoms with van der Waals surface area (Å²) in [6.45, 7) is 4.08. The molecule has 2 N–H and O–H groups in total. The molecule has 0 aliphatic carbocycles. The lowest BCUT2D eigenvalue weighted by Crippen LogP contribution is -2.11. The number of aryl methyl sites for hydroxylation is 2. The van der Waals surface area contributed by atoms with Crippen molar-refractivity contribution < 1.29 is 4.74 Å². The van der Waals surface area contributed by atoms with Gasteiger partial charge in [0.2, 0.25) is 0 Å². The van der Waals surface area contributed by atoms with Crippen LogP contribution in [0.25, 0.3) is 0 Å². The Morgan fingerprint density at radius 2 is 1.88 bits per heavy atom. The van der Waals surface area contributed by atoms with Gasteiger partial charge in [-0.2, -0.15) is 0 Å². The quantitative estimate of drug-likeness (QED) is 0.908. The van der Waals surface area contributed by atoms with Crippen molar-refractivity contribution in [3.8, 4) is 5.75 Å².